The normalized spacial score (nSPS) is 12.6. The summed E-state index contributed by atoms with van der Waals surface area (Å²) in [6, 6.07) is 8.44. The van der Waals surface area contributed by atoms with Crippen molar-refractivity contribution in [2.75, 3.05) is 6.54 Å². The molecule has 0 aliphatic carbocycles. The maximum Gasteiger partial charge on any atom is 0.0748 e. The van der Waals surface area contributed by atoms with Crippen LogP contribution in [0.15, 0.2) is 30.5 Å². The van der Waals surface area contributed by atoms with Crippen molar-refractivity contribution in [1.29, 1.82) is 0 Å². The number of nitrogens with zero attached hydrogens (tertiary/aromatic N) is 2. The van der Waals surface area contributed by atoms with E-state index in [4.69, 9.17) is 11.6 Å². The molecule has 3 nitrogen and oxygen atoms in total. The van der Waals surface area contributed by atoms with Crippen molar-refractivity contribution >= 4 is 34.2 Å². The molecule has 2 aromatic rings. The van der Waals surface area contributed by atoms with Crippen LogP contribution in [0.25, 0.3) is 0 Å². The zero-order chi connectivity index (χ0) is 14.5. The first-order chi connectivity index (χ1) is 9.67. The molecule has 0 saturated carbocycles. The zero-order valence-electron chi connectivity index (χ0n) is 11.7. The molecule has 20 heavy (non-hydrogen) atoms. The summed E-state index contributed by atoms with van der Waals surface area (Å²) in [4.78, 5) is 0. The van der Waals surface area contributed by atoms with Gasteiger partial charge in [0.05, 0.1) is 16.8 Å². The van der Waals surface area contributed by atoms with E-state index in [2.05, 4.69) is 65.1 Å². The van der Waals surface area contributed by atoms with Crippen LogP contribution in [0.2, 0.25) is 5.02 Å². The van der Waals surface area contributed by atoms with E-state index in [0.29, 0.717) is 0 Å². The molecule has 108 valence electrons. The monoisotopic (exact) mass is 403 g/mol. The van der Waals surface area contributed by atoms with Crippen LogP contribution in [0.5, 0.6) is 0 Å². The van der Waals surface area contributed by atoms with Crippen LogP contribution in [0.3, 0.4) is 0 Å². The van der Waals surface area contributed by atoms with Crippen LogP contribution in [-0.2, 0) is 6.54 Å². The summed E-state index contributed by atoms with van der Waals surface area (Å²) in [6.45, 7) is 6.10. The zero-order valence-corrected chi connectivity index (χ0v) is 14.6. The molecule has 1 atom stereocenters. The summed E-state index contributed by atoms with van der Waals surface area (Å²) in [5.41, 5.74) is 2.36. The number of rotatable bonds is 6. The second kappa shape index (κ2) is 7.43. The molecule has 0 bridgehead atoms. The number of hydrogen-bond donors (Lipinski definition) is 1. The topological polar surface area (TPSA) is 29.9 Å². The van der Waals surface area contributed by atoms with Gasteiger partial charge in [-0.3, -0.25) is 4.68 Å². The third-order valence-electron chi connectivity index (χ3n) is 3.22. The second-order valence-electron chi connectivity index (χ2n) is 4.63. The molecule has 0 amide bonds. The quantitative estimate of drug-likeness (QED) is 0.731. The van der Waals surface area contributed by atoms with Crippen LogP contribution >= 0.6 is 34.2 Å². The van der Waals surface area contributed by atoms with Gasteiger partial charge in [-0.05, 0) is 66.2 Å². The first-order valence-electron chi connectivity index (χ1n) is 6.87. The van der Waals surface area contributed by atoms with Gasteiger partial charge in [-0.25, -0.2) is 0 Å². The summed E-state index contributed by atoms with van der Waals surface area (Å²) in [7, 11) is 0. The van der Waals surface area contributed by atoms with Crippen molar-refractivity contribution in [3.63, 3.8) is 0 Å². The third kappa shape index (κ3) is 3.54. The fraction of sp³-hybridized carbons (Fsp3) is 0.400. The summed E-state index contributed by atoms with van der Waals surface area (Å²) in [6.07, 6.45) is 2.95. The van der Waals surface area contributed by atoms with Crippen LogP contribution in [-0.4, -0.2) is 16.3 Å². The fourth-order valence-corrected chi connectivity index (χ4v) is 2.75. The molecule has 0 fully saturated rings. The molecule has 1 N–H and O–H groups in total. The molecule has 1 aromatic carbocycles. The summed E-state index contributed by atoms with van der Waals surface area (Å²) >= 11 is 8.52. The Balaban J connectivity index is 2.38. The average molecular weight is 404 g/mol. The lowest BCUT2D eigenvalue weighted by Crippen LogP contribution is -2.25. The van der Waals surface area contributed by atoms with Crippen molar-refractivity contribution in [2.45, 2.75) is 32.9 Å². The molecule has 0 aliphatic heterocycles. The van der Waals surface area contributed by atoms with Crippen molar-refractivity contribution in [2.24, 2.45) is 0 Å². The highest BCUT2D eigenvalue weighted by Crippen LogP contribution is 2.27. The minimum atomic E-state index is 0.131. The van der Waals surface area contributed by atoms with Gasteiger partial charge in [-0.2, -0.15) is 5.10 Å². The predicted octanol–water partition coefficient (Wildman–Crippen LogP) is 4.25. The molecule has 0 aliphatic rings. The highest BCUT2D eigenvalue weighted by atomic mass is 127. The van der Waals surface area contributed by atoms with E-state index >= 15 is 0 Å². The highest BCUT2D eigenvalue weighted by molar-refractivity contribution is 14.1. The number of aryl methyl sites for hydroxylation is 1. The number of benzene rings is 1. The van der Waals surface area contributed by atoms with Gasteiger partial charge in [0.1, 0.15) is 0 Å². The summed E-state index contributed by atoms with van der Waals surface area (Å²) in [5, 5.41) is 8.76. The molecule has 0 spiro atoms. The van der Waals surface area contributed by atoms with E-state index in [9.17, 15) is 0 Å². The van der Waals surface area contributed by atoms with Gasteiger partial charge in [0.25, 0.3) is 0 Å². The summed E-state index contributed by atoms with van der Waals surface area (Å²) in [5.74, 6) is 0. The Bertz CT molecular complexity index is 568. The fourth-order valence-electron chi connectivity index (χ4n) is 2.23. The van der Waals surface area contributed by atoms with Gasteiger partial charge in [0.15, 0.2) is 0 Å². The van der Waals surface area contributed by atoms with Crippen molar-refractivity contribution in [1.82, 2.24) is 15.1 Å². The minimum Gasteiger partial charge on any atom is -0.305 e. The maximum absolute atomic E-state index is 6.27. The van der Waals surface area contributed by atoms with Gasteiger partial charge >= 0.3 is 0 Å². The molecule has 0 saturated heterocycles. The van der Waals surface area contributed by atoms with Crippen molar-refractivity contribution in [3.8, 4) is 0 Å². The SMILES string of the molecule is CCCNC(c1ccc(I)c(Cl)c1)c1ccnn1CC. The molecular weight excluding hydrogens is 385 g/mol. The van der Waals surface area contributed by atoms with E-state index in [0.717, 1.165) is 28.1 Å². The molecule has 2 rings (SSSR count). The Morgan fingerprint density at radius 2 is 2.15 bits per heavy atom. The number of nitrogens with one attached hydrogen (secondary N) is 1. The Hall–Kier alpha value is -0.590. The second-order valence-corrected chi connectivity index (χ2v) is 6.20. The van der Waals surface area contributed by atoms with Crippen LogP contribution in [0, 0.1) is 3.57 Å². The molecule has 5 heteroatoms. The van der Waals surface area contributed by atoms with E-state index < -0.39 is 0 Å². The molecule has 0 radical (unpaired) electrons. The Labute approximate surface area is 138 Å². The Morgan fingerprint density at radius 3 is 2.80 bits per heavy atom. The first-order valence-corrected chi connectivity index (χ1v) is 8.33. The lowest BCUT2D eigenvalue weighted by molar-refractivity contribution is 0.530. The first kappa shape index (κ1) is 15.8. The van der Waals surface area contributed by atoms with Gasteiger partial charge < -0.3 is 5.32 Å². The number of halogens is 2. The number of aromatic nitrogens is 2. The van der Waals surface area contributed by atoms with Crippen molar-refractivity contribution < 1.29 is 0 Å². The lowest BCUT2D eigenvalue weighted by atomic mass is 10.0. The Kier molecular flexibility index (Phi) is 5.86. The maximum atomic E-state index is 6.27. The van der Waals surface area contributed by atoms with Crippen molar-refractivity contribution in [3.05, 3.63) is 50.3 Å². The smallest absolute Gasteiger partial charge is 0.0748 e. The number of hydrogen-bond acceptors (Lipinski definition) is 2. The van der Waals surface area contributed by atoms with Crippen LogP contribution < -0.4 is 5.32 Å². The average Bonchev–Trinajstić information content (AvgIpc) is 2.91. The van der Waals surface area contributed by atoms with E-state index in [-0.39, 0.29) is 6.04 Å². The van der Waals surface area contributed by atoms with Gasteiger partial charge in [-0.15, -0.1) is 0 Å². The largest absolute Gasteiger partial charge is 0.305 e. The molecule has 1 aromatic heterocycles. The van der Waals surface area contributed by atoms with Crippen LogP contribution in [0.4, 0.5) is 0 Å². The molecule has 1 unspecified atom stereocenters. The molecule has 1 heterocycles. The van der Waals surface area contributed by atoms with E-state index in [1.165, 1.54) is 11.3 Å². The van der Waals surface area contributed by atoms with Gasteiger partial charge in [0, 0.05) is 16.3 Å². The minimum absolute atomic E-state index is 0.131. The van der Waals surface area contributed by atoms with Gasteiger partial charge in [-0.1, -0.05) is 24.6 Å². The predicted molar refractivity (Wildman–Crippen MR) is 92.2 cm³/mol. The van der Waals surface area contributed by atoms with Crippen LogP contribution in [0.1, 0.15) is 37.6 Å². The molecular formula is C15H19ClIN3. The summed E-state index contributed by atoms with van der Waals surface area (Å²) < 4.78 is 3.10. The highest BCUT2D eigenvalue weighted by Gasteiger charge is 2.18. The van der Waals surface area contributed by atoms with E-state index in [1.807, 2.05) is 16.9 Å². The van der Waals surface area contributed by atoms with Gasteiger partial charge in [0.2, 0.25) is 0 Å². The third-order valence-corrected chi connectivity index (χ3v) is 4.79. The lowest BCUT2D eigenvalue weighted by Gasteiger charge is -2.20. The van der Waals surface area contributed by atoms with E-state index in [1.54, 1.807) is 0 Å². The Morgan fingerprint density at radius 1 is 1.35 bits per heavy atom. The standard InChI is InChI=1S/C15H19ClIN3/c1-3-8-18-15(14-7-9-19-20(14)4-2)11-5-6-13(17)12(16)10-11/h5-7,9-10,15,18H,3-4,8H2,1-2H3.